The van der Waals surface area contributed by atoms with Crippen LogP contribution in [0.15, 0.2) is 48.8 Å². The average Bonchev–Trinajstić information content (AvgIpc) is 3.41. The summed E-state index contributed by atoms with van der Waals surface area (Å²) < 4.78 is 2.02. The van der Waals surface area contributed by atoms with Crippen LogP contribution in [0.3, 0.4) is 0 Å². The highest BCUT2D eigenvalue weighted by molar-refractivity contribution is 5.94. The molecule has 0 bridgehead atoms. The van der Waals surface area contributed by atoms with E-state index in [-0.39, 0.29) is 11.8 Å². The topological polar surface area (TPSA) is 45.6 Å². The van der Waals surface area contributed by atoms with E-state index in [0.717, 1.165) is 44.5 Å². The summed E-state index contributed by atoms with van der Waals surface area (Å²) in [5.41, 5.74) is 1.76. The van der Waals surface area contributed by atoms with Crippen molar-refractivity contribution < 1.29 is 9.59 Å². The van der Waals surface area contributed by atoms with E-state index in [2.05, 4.69) is 0 Å². The SMILES string of the molecule is O=C(c1ccc(-n2cccc2)cc1)N1CCC(C(=O)N2CCCC2)CC1. The number of piperidine rings is 1. The van der Waals surface area contributed by atoms with Gasteiger partial charge in [0.1, 0.15) is 0 Å². The summed E-state index contributed by atoms with van der Waals surface area (Å²) in [6.07, 6.45) is 7.78. The first kappa shape index (κ1) is 16.9. The maximum absolute atomic E-state index is 12.8. The molecule has 2 aromatic rings. The highest BCUT2D eigenvalue weighted by Crippen LogP contribution is 2.23. The molecule has 26 heavy (non-hydrogen) atoms. The molecule has 2 aliphatic rings. The van der Waals surface area contributed by atoms with E-state index in [9.17, 15) is 9.59 Å². The highest BCUT2D eigenvalue weighted by atomic mass is 16.2. The monoisotopic (exact) mass is 351 g/mol. The third kappa shape index (κ3) is 3.39. The zero-order valence-electron chi connectivity index (χ0n) is 15.0. The van der Waals surface area contributed by atoms with Gasteiger partial charge >= 0.3 is 0 Å². The summed E-state index contributed by atoms with van der Waals surface area (Å²) in [5.74, 6) is 0.454. The number of hydrogen-bond donors (Lipinski definition) is 0. The van der Waals surface area contributed by atoms with E-state index in [1.54, 1.807) is 0 Å². The molecular weight excluding hydrogens is 326 g/mol. The van der Waals surface area contributed by atoms with Crippen molar-refractivity contribution in [3.63, 3.8) is 0 Å². The van der Waals surface area contributed by atoms with E-state index in [0.29, 0.717) is 24.6 Å². The largest absolute Gasteiger partial charge is 0.342 e. The van der Waals surface area contributed by atoms with Crippen molar-refractivity contribution in [1.82, 2.24) is 14.4 Å². The minimum atomic E-state index is 0.0659. The third-order valence-corrected chi connectivity index (χ3v) is 5.57. The first-order chi connectivity index (χ1) is 12.7. The lowest BCUT2D eigenvalue weighted by Crippen LogP contribution is -2.43. The zero-order valence-corrected chi connectivity index (χ0v) is 15.0. The van der Waals surface area contributed by atoms with Crippen molar-refractivity contribution in [3.05, 3.63) is 54.4 Å². The quantitative estimate of drug-likeness (QED) is 0.853. The summed E-state index contributed by atoms with van der Waals surface area (Å²) in [5, 5.41) is 0. The summed E-state index contributed by atoms with van der Waals surface area (Å²) in [6, 6.07) is 11.7. The molecule has 0 atom stereocenters. The number of aromatic nitrogens is 1. The van der Waals surface area contributed by atoms with Crippen LogP contribution >= 0.6 is 0 Å². The summed E-state index contributed by atoms with van der Waals surface area (Å²) in [4.78, 5) is 29.2. The van der Waals surface area contributed by atoms with Crippen molar-refractivity contribution in [2.24, 2.45) is 5.92 Å². The lowest BCUT2D eigenvalue weighted by molar-refractivity contribution is -0.135. The van der Waals surface area contributed by atoms with Gasteiger partial charge in [-0.25, -0.2) is 0 Å². The molecule has 0 N–H and O–H groups in total. The van der Waals surface area contributed by atoms with Gasteiger partial charge in [0.15, 0.2) is 0 Å². The molecule has 0 aliphatic carbocycles. The highest BCUT2D eigenvalue weighted by Gasteiger charge is 2.31. The van der Waals surface area contributed by atoms with Crippen molar-refractivity contribution in [3.8, 4) is 5.69 Å². The predicted molar refractivity (Wildman–Crippen MR) is 100 cm³/mol. The Kier molecular flexibility index (Phi) is 4.78. The lowest BCUT2D eigenvalue weighted by atomic mass is 9.95. The Balaban J connectivity index is 1.35. The van der Waals surface area contributed by atoms with Crippen LogP contribution in [0.5, 0.6) is 0 Å². The van der Waals surface area contributed by atoms with Crippen molar-refractivity contribution in [2.75, 3.05) is 26.2 Å². The van der Waals surface area contributed by atoms with Gasteiger partial charge < -0.3 is 14.4 Å². The molecule has 0 unspecified atom stereocenters. The van der Waals surface area contributed by atoms with Crippen LogP contribution in [-0.4, -0.2) is 52.4 Å². The first-order valence-electron chi connectivity index (χ1n) is 9.54. The van der Waals surface area contributed by atoms with Gasteiger partial charge in [-0.2, -0.15) is 0 Å². The fraction of sp³-hybridized carbons (Fsp3) is 0.429. The number of amides is 2. The molecule has 3 heterocycles. The van der Waals surface area contributed by atoms with Gasteiger partial charge in [0.05, 0.1) is 0 Å². The summed E-state index contributed by atoms with van der Waals surface area (Å²) in [7, 11) is 0. The average molecular weight is 351 g/mol. The van der Waals surface area contributed by atoms with Crippen molar-refractivity contribution >= 4 is 11.8 Å². The summed E-state index contributed by atoms with van der Waals surface area (Å²) >= 11 is 0. The van der Waals surface area contributed by atoms with Gasteiger partial charge in [0.2, 0.25) is 5.91 Å². The van der Waals surface area contributed by atoms with Gasteiger partial charge in [-0.05, 0) is 62.1 Å². The fourth-order valence-electron chi connectivity index (χ4n) is 3.99. The number of nitrogens with zero attached hydrogens (tertiary/aromatic N) is 3. The molecular formula is C21H25N3O2. The Morgan fingerprint density at radius 1 is 0.808 bits per heavy atom. The molecule has 2 aliphatic heterocycles. The minimum Gasteiger partial charge on any atom is -0.342 e. The molecule has 0 spiro atoms. The normalized spacial score (nSPS) is 18.3. The van der Waals surface area contributed by atoms with E-state index in [1.165, 1.54) is 0 Å². The maximum Gasteiger partial charge on any atom is 0.253 e. The number of rotatable bonds is 3. The molecule has 136 valence electrons. The van der Waals surface area contributed by atoms with Crippen molar-refractivity contribution in [1.29, 1.82) is 0 Å². The number of hydrogen-bond acceptors (Lipinski definition) is 2. The van der Waals surface area contributed by atoms with Gasteiger partial charge in [-0.1, -0.05) is 0 Å². The Hall–Kier alpha value is -2.56. The second kappa shape index (κ2) is 7.36. The fourth-order valence-corrected chi connectivity index (χ4v) is 3.99. The molecule has 4 rings (SSSR count). The third-order valence-electron chi connectivity index (χ3n) is 5.57. The molecule has 2 amide bonds. The molecule has 5 nitrogen and oxygen atoms in total. The number of carbonyl (C=O) groups excluding carboxylic acids is 2. The Bertz CT molecular complexity index is 753. The van der Waals surface area contributed by atoms with E-state index in [4.69, 9.17) is 0 Å². The van der Waals surface area contributed by atoms with Gasteiger partial charge in [0.25, 0.3) is 5.91 Å². The van der Waals surface area contributed by atoms with E-state index >= 15 is 0 Å². The van der Waals surface area contributed by atoms with Gasteiger partial charge in [0, 0.05) is 55.7 Å². The standard InChI is InChI=1S/C21H25N3O2/c25-20(17-5-7-19(8-6-17)22-11-1-2-12-22)24-15-9-18(10-16-24)21(26)23-13-3-4-14-23/h1-2,5-8,11-12,18H,3-4,9-10,13-16H2. The van der Waals surface area contributed by atoms with Crippen LogP contribution in [0, 0.1) is 5.92 Å². The predicted octanol–water partition coefficient (Wildman–Crippen LogP) is 2.95. The first-order valence-corrected chi connectivity index (χ1v) is 9.54. The Morgan fingerprint density at radius 2 is 1.42 bits per heavy atom. The molecule has 1 aromatic heterocycles. The van der Waals surface area contributed by atoms with Crippen LogP contribution in [0.2, 0.25) is 0 Å². The van der Waals surface area contributed by atoms with Crippen LogP contribution in [-0.2, 0) is 4.79 Å². The minimum absolute atomic E-state index is 0.0659. The van der Waals surface area contributed by atoms with Crippen LogP contribution < -0.4 is 0 Å². The second-order valence-electron chi connectivity index (χ2n) is 7.24. The van der Waals surface area contributed by atoms with Crippen LogP contribution in [0.4, 0.5) is 0 Å². The van der Waals surface area contributed by atoms with Gasteiger partial charge in [-0.3, -0.25) is 9.59 Å². The molecule has 5 heteroatoms. The number of benzene rings is 1. The zero-order chi connectivity index (χ0) is 17.9. The smallest absolute Gasteiger partial charge is 0.253 e. The molecule has 1 aromatic carbocycles. The number of carbonyl (C=O) groups is 2. The molecule has 2 saturated heterocycles. The molecule has 0 radical (unpaired) electrons. The number of likely N-dealkylation sites (tertiary alicyclic amines) is 2. The Labute approximate surface area is 154 Å². The van der Waals surface area contributed by atoms with Gasteiger partial charge in [-0.15, -0.1) is 0 Å². The van der Waals surface area contributed by atoms with Crippen LogP contribution in [0.1, 0.15) is 36.0 Å². The Morgan fingerprint density at radius 3 is 2.04 bits per heavy atom. The lowest BCUT2D eigenvalue weighted by Gasteiger charge is -2.33. The van der Waals surface area contributed by atoms with Crippen LogP contribution in [0.25, 0.3) is 5.69 Å². The summed E-state index contributed by atoms with van der Waals surface area (Å²) in [6.45, 7) is 3.16. The molecule has 0 saturated carbocycles. The maximum atomic E-state index is 12.8. The van der Waals surface area contributed by atoms with Crippen molar-refractivity contribution in [2.45, 2.75) is 25.7 Å². The van der Waals surface area contributed by atoms with E-state index in [1.807, 2.05) is 63.2 Å². The van der Waals surface area contributed by atoms with E-state index < -0.39 is 0 Å². The second-order valence-corrected chi connectivity index (χ2v) is 7.24. The molecule has 2 fully saturated rings.